The molecule has 0 unspecified atom stereocenters. The molecule has 0 spiro atoms. The van der Waals surface area contributed by atoms with E-state index in [0.717, 1.165) is 66.5 Å². The predicted molar refractivity (Wildman–Crippen MR) is 120 cm³/mol. The first-order valence-electron chi connectivity index (χ1n) is 9.81. The van der Waals surface area contributed by atoms with Gasteiger partial charge < -0.3 is 26.7 Å². The number of fused-ring (bicyclic) bond motifs is 1. The molecule has 5 N–H and O–H groups in total. The maximum Gasteiger partial charge on any atom is 0.227 e. The van der Waals surface area contributed by atoms with Gasteiger partial charge in [-0.25, -0.2) is 4.98 Å². The molecule has 148 valence electrons. The van der Waals surface area contributed by atoms with E-state index in [4.69, 9.17) is 21.1 Å². The summed E-state index contributed by atoms with van der Waals surface area (Å²) >= 11 is 0. The van der Waals surface area contributed by atoms with Crippen LogP contribution >= 0.6 is 0 Å². The van der Waals surface area contributed by atoms with E-state index in [2.05, 4.69) is 15.5 Å². The zero-order valence-electron chi connectivity index (χ0n) is 16.2. The second-order valence-electron chi connectivity index (χ2n) is 6.95. The normalized spacial score (nSPS) is 15.2. The van der Waals surface area contributed by atoms with Gasteiger partial charge in [0, 0.05) is 48.7 Å². The van der Waals surface area contributed by atoms with Crippen molar-refractivity contribution >= 4 is 40.1 Å². The molecule has 7 heteroatoms. The summed E-state index contributed by atoms with van der Waals surface area (Å²) < 4.78 is 0. The third kappa shape index (κ3) is 4.20. The molecule has 0 saturated carbocycles. The van der Waals surface area contributed by atoms with Gasteiger partial charge in [-0.15, -0.1) is 0 Å². The fraction of sp³-hybridized carbons (Fsp3) is 0.227. The van der Waals surface area contributed by atoms with Gasteiger partial charge in [0.05, 0.1) is 5.52 Å². The van der Waals surface area contributed by atoms with E-state index in [9.17, 15) is 0 Å². The average molecular weight is 387 g/mol. The van der Waals surface area contributed by atoms with E-state index in [-0.39, 0.29) is 0 Å². The molecule has 0 aliphatic carbocycles. The Morgan fingerprint density at radius 1 is 1.07 bits per heavy atom. The summed E-state index contributed by atoms with van der Waals surface area (Å²) in [6.45, 7) is 3.79. The Hall–Kier alpha value is -3.45. The van der Waals surface area contributed by atoms with Crippen LogP contribution in [-0.4, -0.2) is 42.4 Å². The molecular formula is C22H25N7. The van der Waals surface area contributed by atoms with Crippen molar-refractivity contribution in [1.29, 1.82) is 5.41 Å². The third-order valence-electron chi connectivity index (χ3n) is 5.03. The Morgan fingerprint density at radius 2 is 1.90 bits per heavy atom. The van der Waals surface area contributed by atoms with Gasteiger partial charge in [-0.2, -0.15) is 4.98 Å². The summed E-state index contributed by atoms with van der Waals surface area (Å²) in [7, 11) is 0. The minimum Gasteiger partial charge on any atom is -0.404 e. The Morgan fingerprint density at radius 3 is 2.69 bits per heavy atom. The second-order valence-corrected chi connectivity index (χ2v) is 6.95. The topological polar surface area (TPSA) is 103 Å². The molecule has 2 heterocycles. The first-order chi connectivity index (χ1) is 14.3. The van der Waals surface area contributed by atoms with Gasteiger partial charge in [-0.3, -0.25) is 0 Å². The summed E-state index contributed by atoms with van der Waals surface area (Å²) in [4.78, 5) is 11.9. The highest BCUT2D eigenvalue weighted by Gasteiger charge is 2.15. The van der Waals surface area contributed by atoms with Gasteiger partial charge in [0.25, 0.3) is 0 Å². The molecule has 1 aromatic heterocycles. The van der Waals surface area contributed by atoms with E-state index < -0.39 is 0 Å². The predicted octanol–water partition coefficient (Wildman–Crippen LogP) is 3.12. The lowest BCUT2D eigenvalue weighted by Gasteiger charge is -2.21. The number of anilines is 3. The molecule has 2 aromatic carbocycles. The van der Waals surface area contributed by atoms with E-state index in [0.29, 0.717) is 5.57 Å². The number of benzene rings is 2. The van der Waals surface area contributed by atoms with Crippen molar-refractivity contribution in [3.8, 4) is 0 Å². The number of nitrogens with two attached hydrogens (primary N) is 1. The van der Waals surface area contributed by atoms with Crippen LogP contribution in [0.2, 0.25) is 0 Å². The summed E-state index contributed by atoms with van der Waals surface area (Å²) in [6, 6.07) is 15.9. The zero-order valence-corrected chi connectivity index (χ0v) is 16.2. The Bertz CT molecular complexity index is 1020. The first kappa shape index (κ1) is 18.9. The smallest absolute Gasteiger partial charge is 0.227 e. The van der Waals surface area contributed by atoms with Crippen molar-refractivity contribution < 1.29 is 0 Å². The minimum absolute atomic E-state index is 0.682. The van der Waals surface area contributed by atoms with Gasteiger partial charge in [-0.1, -0.05) is 24.3 Å². The maximum absolute atomic E-state index is 7.44. The molecule has 1 aliphatic rings. The Kier molecular flexibility index (Phi) is 5.67. The molecule has 4 rings (SSSR count). The number of aromatic nitrogens is 2. The van der Waals surface area contributed by atoms with Crippen LogP contribution in [0.4, 0.5) is 17.5 Å². The van der Waals surface area contributed by atoms with Crippen molar-refractivity contribution in [3.63, 3.8) is 0 Å². The molecule has 3 aromatic rings. The molecule has 0 bridgehead atoms. The fourth-order valence-electron chi connectivity index (χ4n) is 3.46. The lowest BCUT2D eigenvalue weighted by Crippen LogP contribution is -2.29. The van der Waals surface area contributed by atoms with Crippen LogP contribution in [0.15, 0.2) is 54.7 Å². The van der Waals surface area contributed by atoms with Crippen LogP contribution in [0, 0.1) is 5.41 Å². The molecule has 1 aliphatic heterocycles. The molecule has 7 nitrogen and oxygen atoms in total. The van der Waals surface area contributed by atoms with Crippen molar-refractivity contribution in [2.24, 2.45) is 5.73 Å². The average Bonchev–Trinajstić information content (AvgIpc) is 3.05. The quantitative estimate of drug-likeness (QED) is 0.502. The fourth-order valence-corrected chi connectivity index (χ4v) is 3.46. The summed E-state index contributed by atoms with van der Waals surface area (Å²) in [5, 5.41) is 15.3. The minimum atomic E-state index is 0.682. The van der Waals surface area contributed by atoms with Crippen LogP contribution in [0.5, 0.6) is 0 Å². The number of allylic oxidation sites excluding steroid dienone is 1. The van der Waals surface area contributed by atoms with Crippen LogP contribution in [0.25, 0.3) is 16.5 Å². The van der Waals surface area contributed by atoms with Crippen molar-refractivity contribution in [2.45, 2.75) is 6.42 Å². The number of hydrogen-bond donors (Lipinski definition) is 4. The molecule has 0 atom stereocenters. The van der Waals surface area contributed by atoms with Crippen molar-refractivity contribution in [1.82, 2.24) is 15.3 Å². The Balaban J connectivity index is 1.68. The van der Waals surface area contributed by atoms with Crippen LogP contribution < -0.4 is 21.3 Å². The van der Waals surface area contributed by atoms with E-state index in [1.165, 1.54) is 12.4 Å². The highest BCUT2D eigenvalue weighted by Crippen LogP contribution is 2.27. The highest BCUT2D eigenvalue weighted by atomic mass is 15.3. The standard InChI is InChI=1S/C22H25N7/c23-14-17(15-24)16-6-8-18(9-7-16)26-21-19-4-1-2-5-20(19)27-22(28-21)29-12-3-10-25-11-13-29/h1-2,4-9,14-15,23,25H,3,10-13,24H2,(H,26,27,28)/b17-15+,23-14?. The first-order valence-corrected chi connectivity index (χ1v) is 9.81. The van der Waals surface area contributed by atoms with E-state index in [1.807, 2.05) is 48.5 Å². The molecular weight excluding hydrogens is 362 g/mol. The van der Waals surface area contributed by atoms with Crippen LogP contribution in [0.3, 0.4) is 0 Å². The lowest BCUT2D eigenvalue weighted by atomic mass is 10.1. The molecule has 1 saturated heterocycles. The lowest BCUT2D eigenvalue weighted by molar-refractivity contribution is 0.724. The molecule has 1 fully saturated rings. The molecule has 29 heavy (non-hydrogen) atoms. The van der Waals surface area contributed by atoms with Gasteiger partial charge in [0.1, 0.15) is 5.82 Å². The summed E-state index contributed by atoms with van der Waals surface area (Å²) in [5.41, 5.74) is 9.01. The van der Waals surface area contributed by atoms with Crippen molar-refractivity contribution in [2.75, 3.05) is 36.4 Å². The van der Waals surface area contributed by atoms with E-state index in [1.54, 1.807) is 0 Å². The number of hydrogen-bond acceptors (Lipinski definition) is 7. The van der Waals surface area contributed by atoms with E-state index >= 15 is 0 Å². The van der Waals surface area contributed by atoms with Gasteiger partial charge >= 0.3 is 0 Å². The monoisotopic (exact) mass is 387 g/mol. The van der Waals surface area contributed by atoms with Crippen LogP contribution in [-0.2, 0) is 0 Å². The largest absolute Gasteiger partial charge is 0.404 e. The van der Waals surface area contributed by atoms with Crippen LogP contribution in [0.1, 0.15) is 12.0 Å². The second kappa shape index (κ2) is 8.70. The molecule has 0 radical (unpaired) electrons. The number of para-hydroxylation sites is 1. The summed E-state index contributed by atoms with van der Waals surface area (Å²) in [6.07, 6.45) is 3.77. The SMILES string of the molecule is N=C/C(=C\N)c1ccc(Nc2nc(N3CCCNCC3)nc3ccccc23)cc1. The number of nitrogens with one attached hydrogen (secondary N) is 3. The Labute approximate surface area is 170 Å². The number of rotatable bonds is 5. The zero-order chi connectivity index (χ0) is 20.1. The highest BCUT2D eigenvalue weighted by molar-refractivity contribution is 6.08. The third-order valence-corrected chi connectivity index (χ3v) is 5.03. The summed E-state index contributed by atoms with van der Waals surface area (Å²) in [5.74, 6) is 1.54. The van der Waals surface area contributed by atoms with Crippen molar-refractivity contribution in [3.05, 3.63) is 60.3 Å². The maximum atomic E-state index is 7.44. The van der Waals surface area contributed by atoms with Gasteiger partial charge in [-0.05, 0) is 42.8 Å². The van der Waals surface area contributed by atoms with Gasteiger partial charge in [0.15, 0.2) is 0 Å². The molecule has 0 amide bonds. The van der Waals surface area contributed by atoms with Gasteiger partial charge in [0.2, 0.25) is 5.95 Å². The number of nitrogens with zero attached hydrogens (tertiary/aromatic N) is 3.